The third-order valence-corrected chi connectivity index (χ3v) is 25.2. The van der Waals surface area contributed by atoms with Crippen LogP contribution in [0.15, 0.2) is 199 Å². The van der Waals surface area contributed by atoms with Gasteiger partial charge in [-0.05, 0) is 221 Å². The zero-order valence-corrected chi connectivity index (χ0v) is 59.0. The van der Waals surface area contributed by atoms with Gasteiger partial charge in [0.1, 0.15) is 17.6 Å². The normalized spacial score (nSPS) is 29.7. The summed E-state index contributed by atoms with van der Waals surface area (Å²) in [5.41, 5.74) is 22.9. The number of nitrogens with two attached hydrogens (primary N) is 2. The number of ether oxygens (including phenoxy) is 2. The maximum atomic E-state index is 14.6. The van der Waals surface area contributed by atoms with Crippen molar-refractivity contribution in [2.24, 2.45) is 57.9 Å². The number of phenols is 1. The van der Waals surface area contributed by atoms with Crippen LogP contribution in [0.4, 0.5) is 0 Å². The number of aliphatic hydroxyl groups is 3. The first-order valence-corrected chi connectivity index (χ1v) is 36.8. The molecule has 3 fully saturated rings. The van der Waals surface area contributed by atoms with Gasteiger partial charge in [-0.2, -0.15) is 0 Å². The van der Waals surface area contributed by atoms with Gasteiger partial charge in [-0.25, -0.2) is 13.4 Å². The van der Waals surface area contributed by atoms with E-state index in [1.165, 1.54) is 0 Å². The third kappa shape index (κ3) is 13.4. The van der Waals surface area contributed by atoms with Crippen molar-refractivity contribution < 1.29 is 72.4 Å². The average molecular weight is 1340 g/mol. The molecule has 0 spiro atoms. The smallest absolute Gasteiger partial charge is 0.748 e. The maximum absolute atomic E-state index is 14.6. The number of allylic oxidation sites excluding steroid dienone is 1. The van der Waals surface area contributed by atoms with Gasteiger partial charge in [0.15, 0.2) is 5.96 Å². The second-order valence-corrected chi connectivity index (χ2v) is 31.2. The van der Waals surface area contributed by atoms with Crippen LogP contribution in [0.5, 0.6) is 11.5 Å². The molecule has 17 rings (SSSR count). The Morgan fingerprint density at radius 3 is 2.29 bits per heavy atom. The van der Waals surface area contributed by atoms with Gasteiger partial charge in [-0.1, -0.05) is 183 Å². The van der Waals surface area contributed by atoms with Gasteiger partial charge >= 0.3 is 29.6 Å². The molecule has 2 saturated carbocycles. The van der Waals surface area contributed by atoms with Crippen molar-refractivity contribution in [3.8, 4) is 23.3 Å². The predicted octanol–water partition coefficient (Wildman–Crippen LogP) is 11.4. The number of guanidine groups is 1. The van der Waals surface area contributed by atoms with Crippen molar-refractivity contribution >= 4 is 26.9 Å². The second kappa shape index (κ2) is 28.2. The van der Waals surface area contributed by atoms with Crippen molar-refractivity contribution in [3.05, 3.63) is 260 Å². The van der Waals surface area contributed by atoms with Crippen molar-refractivity contribution in [1.82, 2.24) is 0 Å². The maximum Gasteiger partial charge on any atom is 1.00 e. The Morgan fingerprint density at radius 2 is 1.51 bits per heavy atom. The standard InChI is InChI=1S/C84H89N3O9S.Na/c1-51-22-23-60-44-68-33-36-71(60)74(51)48-79(97(92,93)94)75-46-64-42-63(45-69-39-54(50-88)16-10-19-58-43-67(89)32-35-73(58)81(64)95-69)80(75)56-24-29-66(30-25-56)84(96-68,87-82(85)86)76-37-31-65-28-26-61(49-83(65,91)77(76)40-53-14-6-3-7-15-53)57-27-34-72(62(41-57)38-52-12-4-2-5-13-52)78(90)47-59-20-11-18-55-17-8-9-21-70(55)59;/h2-9,11-15,17-18,20-21,24-25,27,29-30,32-36,41,43-44,46,51,54,61,63,65,69,74-81,88-91H,16,22-23,26,28,31,37-40,42,45,47-50H2,1H3,(H4,85,86,87)(H,92,93,94);/q;+1/p-1. The van der Waals surface area contributed by atoms with Crippen molar-refractivity contribution in [2.45, 2.75) is 156 Å². The van der Waals surface area contributed by atoms with Crippen LogP contribution in [0.2, 0.25) is 0 Å². The van der Waals surface area contributed by atoms with E-state index >= 15 is 0 Å². The Morgan fingerprint density at radius 1 is 0.776 bits per heavy atom. The molecule has 12 nitrogen and oxygen atoms in total. The first kappa shape index (κ1) is 68.1. The first-order chi connectivity index (χ1) is 47.0. The first-order valence-electron chi connectivity index (χ1n) is 35.3. The number of aliphatic hydroxyl groups excluding tert-OH is 2. The fourth-order valence-electron chi connectivity index (χ4n) is 19.3. The molecule has 9 aliphatic rings. The summed E-state index contributed by atoms with van der Waals surface area (Å²) in [5, 5.41) is 49.4. The van der Waals surface area contributed by atoms with E-state index in [-0.39, 0.29) is 95.9 Å². The van der Waals surface area contributed by atoms with E-state index in [2.05, 4.69) is 152 Å². The van der Waals surface area contributed by atoms with E-state index in [1.807, 2.05) is 42.5 Å². The van der Waals surface area contributed by atoms with Crippen LogP contribution in [0, 0.1) is 53.3 Å². The summed E-state index contributed by atoms with van der Waals surface area (Å²) >= 11 is 0. The minimum Gasteiger partial charge on any atom is -0.748 e. The van der Waals surface area contributed by atoms with Gasteiger partial charge in [0.05, 0.1) is 33.2 Å². The molecule has 14 heteroatoms. The van der Waals surface area contributed by atoms with Crippen LogP contribution in [0.1, 0.15) is 174 Å². The molecule has 8 N–H and O–H groups in total. The molecule has 16 atom stereocenters. The molecular formula is C84H88N3NaO9S. The van der Waals surface area contributed by atoms with Crippen LogP contribution in [0.3, 0.4) is 0 Å². The Balaban J connectivity index is 0.00000821. The number of fused-ring (bicyclic) bond motifs is 11. The van der Waals surface area contributed by atoms with Crippen molar-refractivity contribution in [1.29, 1.82) is 0 Å². The molecule has 1 saturated heterocycles. The summed E-state index contributed by atoms with van der Waals surface area (Å²) in [6.45, 7) is 2.07. The monoisotopic (exact) mass is 1340 g/mol. The molecule has 5 aliphatic heterocycles. The van der Waals surface area contributed by atoms with Crippen molar-refractivity contribution in [2.75, 3.05) is 6.61 Å². The van der Waals surface area contributed by atoms with Crippen LogP contribution >= 0.6 is 0 Å². The Hall–Kier alpha value is -7.06. The number of aliphatic imine (C=N–C) groups is 1. The van der Waals surface area contributed by atoms with Gasteiger partial charge in [0.2, 0.25) is 5.72 Å². The fraction of sp³-hybridized carbons (Fsp3) is 0.393. The van der Waals surface area contributed by atoms with Crippen LogP contribution in [-0.4, -0.2) is 62.9 Å². The summed E-state index contributed by atoms with van der Waals surface area (Å²) < 4.78 is 58.7. The number of benzene rings is 8. The van der Waals surface area contributed by atoms with Crippen LogP contribution in [0.25, 0.3) is 10.8 Å². The van der Waals surface area contributed by atoms with Crippen molar-refractivity contribution in [3.63, 3.8) is 0 Å². The summed E-state index contributed by atoms with van der Waals surface area (Å²) in [6, 6.07) is 61.6. The zero-order valence-electron chi connectivity index (χ0n) is 56.1. The number of hydrogen-bond acceptors (Lipinski definition) is 10. The molecule has 8 aromatic carbocycles. The van der Waals surface area contributed by atoms with E-state index in [9.17, 15) is 33.4 Å². The number of phenolic OH excluding ortho intramolecular Hbond substituents is 1. The molecular weight excluding hydrogens is 1250 g/mol. The quantitative estimate of drug-likeness (QED) is 0.0169. The molecule has 8 aromatic rings. The summed E-state index contributed by atoms with van der Waals surface area (Å²) in [7, 11) is -4.99. The minimum atomic E-state index is -4.99. The minimum absolute atomic E-state index is 0. The average Bonchev–Trinajstić information content (AvgIpc) is 0.921. The molecule has 5 heterocycles. The Kier molecular flexibility index (Phi) is 19.6. The molecule has 500 valence electrons. The Labute approximate surface area is 599 Å². The van der Waals surface area contributed by atoms with Gasteiger partial charge in [-0.15, -0.1) is 0 Å². The van der Waals surface area contributed by atoms with E-state index < -0.39 is 62.6 Å². The predicted molar refractivity (Wildman–Crippen MR) is 378 cm³/mol. The number of aryl methyl sites for hydroxylation is 1. The topological polar surface area (TPSA) is 221 Å². The Bertz CT molecular complexity index is 4470. The summed E-state index contributed by atoms with van der Waals surface area (Å²) in [4.78, 5) is 5.41. The van der Waals surface area contributed by atoms with E-state index in [0.717, 1.165) is 91.2 Å². The number of hydrogen-bond donors (Lipinski definition) is 6. The fourth-order valence-corrected chi connectivity index (χ4v) is 20.4. The van der Waals surface area contributed by atoms with E-state index in [1.54, 1.807) is 12.1 Å². The number of nitrogens with zero attached hydrogens (tertiary/aromatic N) is 1. The van der Waals surface area contributed by atoms with E-state index in [0.29, 0.717) is 87.5 Å². The zero-order chi connectivity index (χ0) is 66.7. The van der Waals surface area contributed by atoms with Crippen LogP contribution in [-0.2, 0) is 46.3 Å². The molecule has 98 heavy (non-hydrogen) atoms. The second-order valence-electron chi connectivity index (χ2n) is 29.6. The molecule has 0 radical (unpaired) electrons. The molecule has 0 amide bonds. The van der Waals surface area contributed by atoms with Gasteiger partial charge < -0.3 is 45.9 Å². The number of aromatic hydroxyl groups is 1. The molecule has 0 aromatic heterocycles. The SMILES string of the molecule is CC1CCc2cc3ccc2C1CC(S(=O)(=O)[O-])C1C=C2CC(CC4CC(CO)CC#Cc5cc(O)ccc5C2O4)C1c1ccc(cc1)C(N=C(N)N)(C1CCC2CCC(c4ccc(C(O)Cc5cccc6ccccc56)c(Cc5ccccc5)c4)CC2(O)C1Cc1ccccc1)O3.[Na+]. The van der Waals surface area contributed by atoms with Gasteiger partial charge in [0, 0.05) is 48.0 Å². The molecule has 4 aliphatic carbocycles. The van der Waals surface area contributed by atoms with Gasteiger partial charge in [-0.3, -0.25) is 0 Å². The van der Waals surface area contributed by atoms with Gasteiger partial charge in [0.25, 0.3) is 0 Å². The summed E-state index contributed by atoms with van der Waals surface area (Å²) in [6.07, 6.45) is 8.93. The summed E-state index contributed by atoms with van der Waals surface area (Å²) in [5.74, 6) is 4.05. The van der Waals surface area contributed by atoms with E-state index in [4.69, 9.17) is 25.9 Å². The molecule has 16 unspecified atom stereocenters. The third-order valence-electron chi connectivity index (χ3n) is 23.9. The number of rotatable bonds is 12. The largest absolute Gasteiger partial charge is 1.00 e. The molecule has 10 bridgehead atoms. The van der Waals surface area contributed by atoms with Crippen LogP contribution < -0.4 is 45.8 Å².